The Bertz CT molecular complexity index is 287. The summed E-state index contributed by atoms with van der Waals surface area (Å²) in [7, 11) is 4.28. The van der Waals surface area contributed by atoms with Crippen LogP contribution in [0.5, 0.6) is 0 Å². The van der Waals surface area contributed by atoms with Crippen molar-refractivity contribution in [3.05, 3.63) is 0 Å². The SMILES string of the molecule is COC(=O)C1C(C(=O)N(C)OC)C1(C)C. The number of hydrogen-bond donors (Lipinski definition) is 0. The Balaban J connectivity index is 2.74. The summed E-state index contributed by atoms with van der Waals surface area (Å²) in [5.74, 6) is -1.21. The summed E-state index contributed by atoms with van der Waals surface area (Å²) in [6.07, 6.45) is 0. The molecule has 0 aliphatic heterocycles. The number of hydrogen-bond acceptors (Lipinski definition) is 4. The Hall–Kier alpha value is -1.10. The van der Waals surface area contributed by atoms with Gasteiger partial charge in [-0.25, -0.2) is 5.06 Å². The maximum absolute atomic E-state index is 11.8. The van der Waals surface area contributed by atoms with Gasteiger partial charge in [0, 0.05) is 7.05 Å². The highest BCUT2D eigenvalue weighted by molar-refractivity contribution is 5.91. The van der Waals surface area contributed by atoms with Gasteiger partial charge in [0.05, 0.1) is 26.1 Å². The van der Waals surface area contributed by atoms with Crippen molar-refractivity contribution in [2.24, 2.45) is 17.3 Å². The van der Waals surface area contributed by atoms with E-state index >= 15 is 0 Å². The number of amides is 1. The van der Waals surface area contributed by atoms with Crippen molar-refractivity contribution in [2.45, 2.75) is 13.8 Å². The van der Waals surface area contributed by atoms with Gasteiger partial charge < -0.3 is 4.74 Å². The maximum Gasteiger partial charge on any atom is 0.310 e. The van der Waals surface area contributed by atoms with E-state index in [-0.39, 0.29) is 29.1 Å². The predicted octanol–water partition coefficient (Wildman–Crippen LogP) is 0.451. The van der Waals surface area contributed by atoms with Gasteiger partial charge in [0.15, 0.2) is 0 Å². The summed E-state index contributed by atoms with van der Waals surface area (Å²) in [4.78, 5) is 28.0. The number of carbonyl (C=O) groups excluding carboxylic acids is 2. The molecule has 0 heterocycles. The van der Waals surface area contributed by atoms with Gasteiger partial charge in [-0.2, -0.15) is 0 Å². The second kappa shape index (κ2) is 3.81. The molecule has 0 bridgehead atoms. The lowest BCUT2D eigenvalue weighted by atomic mass is 10.1. The van der Waals surface area contributed by atoms with Crippen LogP contribution in [0.15, 0.2) is 0 Å². The molecule has 1 rings (SSSR count). The van der Waals surface area contributed by atoms with Crippen LogP contribution in [-0.2, 0) is 19.2 Å². The van der Waals surface area contributed by atoms with Gasteiger partial charge in [-0.1, -0.05) is 13.8 Å². The number of nitrogens with zero attached hydrogens (tertiary/aromatic N) is 1. The van der Waals surface area contributed by atoms with Crippen LogP contribution >= 0.6 is 0 Å². The van der Waals surface area contributed by atoms with E-state index in [1.165, 1.54) is 21.3 Å². The van der Waals surface area contributed by atoms with Crippen molar-refractivity contribution < 1.29 is 19.2 Å². The second-order valence-electron chi connectivity index (χ2n) is 4.32. The van der Waals surface area contributed by atoms with E-state index in [9.17, 15) is 9.59 Å². The molecule has 1 saturated carbocycles. The van der Waals surface area contributed by atoms with Crippen LogP contribution in [0.4, 0.5) is 0 Å². The maximum atomic E-state index is 11.8. The van der Waals surface area contributed by atoms with Crippen LogP contribution in [0.25, 0.3) is 0 Å². The molecular weight excluding hydrogens is 198 g/mol. The molecule has 5 nitrogen and oxygen atoms in total. The molecule has 0 saturated heterocycles. The summed E-state index contributed by atoms with van der Waals surface area (Å²) < 4.78 is 4.65. The van der Waals surface area contributed by atoms with Crippen molar-refractivity contribution in [2.75, 3.05) is 21.3 Å². The first-order chi connectivity index (χ1) is 6.87. The zero-order valence-electron chi connectivity index (χ0n) is 9.73. The van der Waals surface area contributed by atoms with Crippen LogP contribution in [-0.4, -0.2) is 38.2 Å². The lowest BCUT2D eigenvalue weighted by Crippen LogP contribution is -2.29. The molecule has 0 aromatic heterocycles. The number of methoxy groups -OCH3 is 1. The minimum absolute atomic E-state index is 0.182. The molecule has 0 aromatic rings. The van der Waals surface area contributed by atoms with Gasteiger partial charge in [0.25, 0.3) is 0 Å². The molecule has 1 amide bonds. The van der Waals surface area contributed by atoms with E-state index in [2.05, 4.69) is 4.74 Å². The van der Waals surface area contributed by atoms with Crippen LogP contribution in [0.3, 0.4) is 0 Å². The fourth-order valence-electron chi connectivity index (χ4n) is 1.95. The first kappa shape index (κ1) is 12.0. The molecule has 15 heavy (non-hydrogen) atoms. The molecule has 0 radical (unpaired) electrons. The molecule has 1 aliphatic carbocycles. The fraction of sp³-hybridized carbons (Fsp3) is 0.800. The third-order valence-electron chi connectivity index (χ3n) is 3.13. The van der Waals surface area contributed by atoms with Crippen molar-refractivity contribution in [3.63, 3.8) is 0 Å². The molecule has 2 atom stereocenters. The Labute approximate surface area is 89.3 Å². The molecule has 0 aromatic carbocycles. The van der Waals surface area contributed by atoms with E-state index in [0.717, 1.165) is 5.06 Å². The van der Waals surface area contributed by atoms with Gasteiger partial charge >= 0.3 is 5.97 Å². The largest absolute Gasteiger partial charge is 0.469 e. The van der Waals surface area contributed by atoms with Gasteiger partial charge in [0.2, 0.25) is 5.91 Å². The van der Waals surface area contributed by atoms with Crippen LogP contribution in [0, 0.1) is 17.3 Å². The Kier molecular flexibility index (Phi) is 3.04. The average Bonchev–Trinajstić information content (AvgIpc) is 2.78. The summed E-state index contributed by atoms with van der Waals surface area (Å²) >= 11 is 0. The molecule has 86 valence electrons. The molecule has 0 N–H and O–H groups in total. The molecule has 0 spiro atoms. The van der Waals surface area contributed by atoms with Gasteiger partial charge in [-0.3, -0.25) is 14.4 Å². The number of carbonyl (C=O) groups is 2. The van der Waals surface area contributed by atoms with E-state index in [1.807, 2.05) is 13.8 Å². The van der Waals surface area contributed by atoms with Crippen molar-refractivity contribution in [1.82, 2.24) is 5.06 Å². The first-order valence-electron chi connectivity index (χ1n) is 4.77. The molecular formula is C10H17NO4. The smallest absolute Gasteiger partial charge is 0.310 e. The zero-order chi connectivity index (χ0) is 11.8. The average molecular weight is 215 g/mol. The topological polar surface area (TPSA) is 55.8 Å². The Morgan fingerprint density at radius 2 is 1.73 bits per heavy atom. The first-order valence-corrected chi connectivity index (χ1v) is 4.77. The number of ether oxygens (including phenoxy) is 1. The lowest BCUT2D eigenvalue weighted by Gasteiger charge is -2.13. The van der Waals surface area contributed by atoms with Crippen LogP contribution in [0.2, 0.25) is 0 Å². The highest BCUT2D eigenvalue weighted by Crippen LogP contribution is 2.59. The minimum Gasteiger partial charge on any atom is -0.469 e. The van der Waals surface area contributed by atoms with Crippen molar-refractivity contribution in [1.29, 1.82) is 0 Å². The highest BCUT2D eigenvalue weighted by Gasteiger charge is 2.67. The van der Waals surface area contributed by atoms with Crippen molar-refractivity contribution >= 4 is 11.9 Å². The lowest BCUT2D eigenvalue weighted by molar-refractivity contribution is -0.171. The molecule has 1 fully saturated rings. The standard InChI is InChI=1S/C10H17NO4/c1-10(2)6(7(10)9(13)14-4)8(12)11(3)15-5/h6-7H,1-5H3. The Morgan fingerprint density at radius 1 is 1.20 bits per heavy atom. The van der Waals surface area contributed by atoms with E-state index < -0.39 is 0 Å². The summed E-state index contributed by atoms with van der Waals surface area (Å²) in [5, 5.41) is 1.15. The van der Waals surface area contributed by atoms with E-state index in [0.29, 0.717) is 0 Å². The third-order valence-corrected chi connectivity index (χ3v) is 3.13. The summed E-state index contributed by atoms with van der Waals surface area (Å²) in [6, 6.07) is 0. The van der Waals surface area contributed by atoms with Crippen molar-refractivity contribution in [3.8, 4) is 0 Å². The van der Waals surface area contributed by atoms with Gasteiger partial charge in [-0.15, -0.1) is 0 Å². The fourth-order valence-corrected chi connectivity index (χ4v) is 1.95. The molecule has 1 aliphatic rings. The van der Waals surface area contributed by atoms with Gasteiger partial charge in [-0.05, 0) is 5.41 Å². The normalized spacial score (nSPS) is 27.0. The van der Waals surface area contributed by atoms with E-state index in [4.69, 9.17) is 4.84 Å². The highest BCUT2D eigenvalue weighted by atomic mass is 16.7. The molecule has 2 unspecified atom stereocenters. The van der Waals surface area contributed by atoms with E-state index in [1.54, 1.807) is 0 Å². The second-order valence-corrected chi connectivity index (χ2v) is 4.32. The molecule has 5 heteroatoms. The quantitative estimate of drug-likeness (QED) is 0.506. The number of rotatable bonds is 3. The van der Waals surface area contributed by atoms with Crippen LogP contribution in [0.1, 0.15) is 13.8 Å². The summed E-state index contributed by atoms with van der Waals surface area (Å²) in [6.45, 7) is 3.75. The number of esters is 1. The van der Waals surface area contributed by atoms with Gasteiger partial charge in [0.1, 0.15) is 0 Å². The zero-order valence-corrected chi connectivity index (χ0v) is 9.73. The van der Waals surface area contributed by atoms with Crippen LogP contribution < -0.4 is 0 Å². The summed E-state index contributed by atoms with van der Waals surface area (Å²) in [5.41, 5.74) is -0.336. The minimum atomic E-state index is -0.354. The number of hydroxylamine groups is 2. The third kappa shape index (κ3) is 1.84. The predicted molar refractivity (Wildman–Crippen MR) is 52.6 cm³/mol. The Morgan fingerprint density at radius 3 is 2.13 bits per heavy atom. The monoisotopic (exact) mass is 215 g/mol.